The lowest BCUT2D eigenvalue weighted by Crippen LogP contribution is -1.99. The first-order valence-corrected chi connectivity index (χ1v) is 8.43. The average Bonchev–Trinajstić information content (AvgIpc) is 3.35. The number of rotatable bonds is 4. The molecule has 6 nitrogen and oxygen atoms in total. The van der Waals surface area contributed by atoms with Crippen molar-refractivity contribution in [2.45, 2.75) is 6.54 Å². The highest BCUT2D eigenvalue weighted by atomic mass is 15.3. The van der Waals surface area contributed by atoms with Crippen LogP contribution in [0.3, 0.4) is 0 Å². The summed E-state index contributed by atoms with van der Waals surface area (Å²) in [5, 5.41) is 15.3. The summed E-state index contributed by atoms with van der Waals surface area (Å²) in [5.41, 5.74) is 7.33. The topological polar surface area (TPSA) is 82.3 Å². The van der Waals surface area contributed by atoms with Crippen molar-refractivity contribution in [2.75, 3.05) is 5.32 Å². The SMILES string of the molecule is c1cc(-c2ccc(CNc3ccc4[nH]nnc4c3)cc2)c2cc[nH]c2n1. The van der Waals surface area contributed by atoms with Gasteiger partial charge in [0.15, 0.2) is 0 Å². The Morgan fingerprint density at radius 1 is 0.962 bits per heavy atom. The minimum absolute atomic E-state index is 0.750. The maximum absolute atomic E-state index is 4.35. The Balaban J connectivity index is 1.35. The molecule has 0 aliphatic rings. The van der Waals surface area contributed by atoms with Crippen LogP contribution < -0.4 is 5.32 Å². The number of benzene rings is 2. The van der Waals surface area contributed by atoms with Gasteiger partial charge in [-0.15, -0.1) is 5.10 Å². The van der Waals surface area contributed by atoms with Crippen molar-refractivity contribution in [3.05, 3.63) is 72.6 Å². The molecule has 3 N–H and O–H groups in total. The number of aromatic amines is 2. The first-order valence-electron chi connectivity index (χ1n) is 8.43. The molecule has 0 saturated heterocycles. The number of hydrogen-bond donors (Lipinski definition) is 3. The van der Waals surface area contributed by atoms with E-state index in [9.17, 15) is 0 Å². The lowest BCUT2D eigenvalue weighted by atomic mass is 10.0. The molecule has 0 amide bonds. The van der Waals surface area contributed by atoms with E-state index in [0.29, 0.717) is 0 Å². The second-order valence-electron chi connectivity index (χ2n) is 6.19. The van der Waals surface area contributed by atoms with Gasteiger partial charge in [-0.2, -0.15) is 0 Å². The monoisotopic (exact) mass is 340 g/mol. The first kappa shape index (κ1) is 14.7. The van der Waals surface area contributed by atoms with E-state index >= 15 is 0 Å². The Bertz CT molecular complexity index is 1190. The van der Waals surface area contributed by atoms with Crippen LogP contribution in [-0.4, -0.2) is 25.4 Å². The summed E-state index contributed by atoms with van der Waals surface area (Å²) in [7, 11) is 0. The molecule has 2 aromatic carbocycles. The minimum Gasteiger partial charge on any atom is -0.381 e. The van der Waals surface area contributed by atoms with Gasteiger partial charge in [0.25, 0.3) is 0 Å². The Morgan fingerprint density at radius 3 is 2.81 bits per heavy atom. The van der Waals surface area contributed by atoms with Gasteiger partial charge >= 0.3 is 0 Å². The van der Waals surface area contributed by atoms with Crippen LogP contribution in [0.25, 0.3) is 33.2 Å². The van der Waals surface area contributed by atoms with Crippen LogP contribution in [0.5, 0.6) is 0 Å². The largest absolute Gasteiger partial charge is 0.381 e. The number of H-pyrrole nitrogens is 2. The molecule has 0 atom stereocenters. The number of hydrogen-bond acceptors (Lipinski definition) is 4. The highest BCUT2D eigenvalue weighted by molar-refractivity contribution is 5.92. The lowest BCUT2D eigenvalue weighted by molar-refractivity contribution is 0.959. The maximum Gasteiger partial charge on any atom is 0.137 e. The van der Waals surface area contributed by atoms with E-state index in [1.165, 1.54) is 16.7 Å². The predicted octanol–water partition coefficient (Wildman–Crippen LogP) is 4.11. The fourth-order valence-corrected chi connectivity index (χ4v) is 3.17. The standard InChI is InChI=1S/C20H16N6/c1-3-14(16-7-9-21-20-17(16)8-10-22-20)4-2-13(1)12-23-15-5-6-18-19(11-15)25-26-24-18/h1-11,23H,12H2,(H,21,22)(H,24,25,26). The number of pyridine rings is 1. The van der Waals surface area contributed by atoms with Crippen LogP contribution in [0.1, 0.15) is 5.56 Å². The molecule has 0 radical (unpaired) electrons. The zero-order valence-electron chi connectivity index (χ0n) is 13.9. The fourth-order valence-electron chi connectivity index (χ4n) is 3.17. The summed E-state index contributed by atoms with van der Waals surface area (Å²) in [6, 6.07) is 18.7. The van der Waals surface area contributed by atoms with Crippen molar-refractivity contribution >= 4 is 27.8 Å². The van der Waals surface area contributed by atoms with Crippen molar-refractivity contribution in [1.82, 2.24) is 25.4 Å². The Morgan fingerprint density at radius 2 is 1.88 bits per heavy atom. The zero-order chi connectivity index (χ0) is 17.3. The van der Waals surface area contributed by atoms with Crippen molar-refractivity contribution in [3.63, 3.8) is 0 Å². The Kier molecular flexibility index (Phi) is 3.38. The van der Waals surface area contributed by atoms with E-state index in [2.05, 4.69) is 67.1 Å². The molecule has 3 aromatic heterocycles. The molecule has 5 rings (SSSR count). The van der Waals surface area contributed by atoms with E-state index in [4.69, 9.17) is 0 Å². The first-order chi connectivity index (χ1) is 12.9. The van der Waals surface area contributed by atoms with Crippen molar-refractivity contribution in [1.29, 1.82) is 0 Å². The predicted molar refractivity (Wildman–Crippen MR) is 103 cm³/mol. The summed E-state index contributed by atoms with van der Waals surface area (Å²) < 4.78 is 0. The number of nitrogens with zero attached hydrogens (tertiary/aromatic N) is 3. The molecule has 0 aliphatic heterocycles. The van der Waals surface area contributed by atoms with Crippen LogP contribution in [0, 0.1) is 0 Å². The summed E-state index contributed by atoms with van der Waals surface area (Å²) in [6.45, 7) is 0.750. The van der Waals surface area contributed by atoms with Crippen LogP contribution in [-0.2, 0) is 6.54 Å². The van der Waals surface area contributed by atoms with Crippen LogP contribution in [0.4, 0.5) is 5.69 Å². The van der Waals surface area contributed by atoms with Gasteiger partial charge in [0.1, 0.15) is 11.2 Å². The molecule has 0 bridgehead atoms. The third-order valence-corrected chi connectivity index (χ3v) is 4.55. The van der Waals surface area contributed by atoms with Crippen LogP contribution in [0.15, 0.2) is 67.0 Å². The molecular formula is C20H16N6. The third-order valence-electron chi connectivity index (χ3n) is 4.55. The lowest BCUT2D eigenvalue weighted by Gasteiger charge is -2.08. The van der Waals surface area contributed by atoms with Crippen molar-refractivity contribution < 1.29 is 0 Å². The normalized spacial score (nSPS) is 11.2. The molecule has 0 saturated carbocycles. The van der Waals surface area contributed by atoms with Crippen molar-refractivity contribution in [2.24, 2.45) is 0 Å². The smallest absolute Gasteiger partial charge is 0.137 e. The molecule has 0 unspecified atom stereocenters. The number of nitrogens with one attached hydrogen (secondary N) is 3. The van der Waals surface area contributed by atoms with Gasteiger partial charge in [-0.25, -0.2) is 4.98 Å². The van der Waals surface area contributed by atoms with E-state index in [0.717, 1.165) is 34.3 Å². The van der Waals surface area contributed by atoms with Gasteiger partial charge in [-0.05, 0) is 47.0 Å². The fraction of sp³-hybridized carbons (Fsp3) is 0.0500. The van der Waals surface area contributed by atoms with Gasteiger partial charge in [0.05, 0.1) is 5.52 Å². The molecule has 0 aliphatic carbocycles. The molecular weight excluding hydrogens is 324 g/mol. The molecule has 3 heterocycles. The number of aromatic nitrogens is 5. The maximum atomic E-state index is 4.35. The molecule has 6 heteroatoms. The average molecular weight is 340 g/mol. The second kappa shape index (κ2) is 6.00. The Labute approximate surface area is 149 Å². The van der Waals surface area contributed by atoms with Crippen LogP contribution in [0.2, 0.25) is 0 Å². The highest BCUT2D eigenvalue weighted by Gasteiger charge is 2.05. The Hall–Kier alpha value is -3.67. The van der Waals surface area contributed by atoms with Gasteiger partial charge in [-0.3, -0.25) is 5.10 Å². The quantitative estimate of drug-likeness (QED) is 0.460. The summed E-state index contributed by atoms with van der Waals surface area (Å²) in [5.74, 6) is 0. The minimum atomic E-state index is 0.750. The molecule has 126 valence electrons. The summed E-state index contributed by atoms with van der Waals surface area (Å²) in [4.78, 5) is 7.51. The van der Waals surface area contributed by atoms with E-state index in [-0.39, 0.29) is 0 Å². The number of fused-ring (bicyclic) bond motifs is 2. The molecule has 26 heavy (non-hydrogen) atoms. The van der Waals surface area contributed by atoms with E-state index in [1.807, 2.05) is 30.6 Å². The van der Waals surface area contributed by atoms with Gasteiger partial charge in [-0.1, -0.05) is 29.5 Å². The van der Waals surface area contributed by atoms with Gasteiger partial charge in [0.2, 0.25) is 0 Å². The highest BCUT2D eigenvalue weighted by Crippen LogP contribution is 2.27. The van der Waals surface area contributed by atoms with Gasteiger partial charge in [0, 0.05) is 30.0 Å². The molecule has 0 spiro atoms. The van der Waals surface area contributed by atoms with E-state index < -0.39 is 0 Å². The summed E-state index contributed by atoms with van der Waals surface area (Å²) >= 11 is 0. The molecule has 0 fully saturated rings. The number of anilines is 1. The van der Waals surface area contributed by atoms with Crippen LogP contribution >= 0.6 is 0 Å². The second-order valence-corrected chi connectivity index (χ2v) is 6.19. The zero-order valence-corrected chi connectivity index (χ0v) is 13.9. The third kappa shape index (κ3) is 2.57. The van der Waals surface area contributed by atoms with E-state index in [1.54, 1.807) is 0 Å². The summed E-state index contributed by atoms with van der Waals surface area (Å²) in [6.07, 6.45) is 3.76. The van der Waals surface area contributed by atoms with Gasteiger partial charge < -0.3 is 10.3 Å². The molecule has 5 aromatic rings. The van der Waals surface area contributed by atoms with Crippen molar-refractivity contribution in [3.8, 4) is 11.1 Å².